The monoisotopic (exact) mass is 414 g/mol. The molecule has 1 aliphatic rings. The first-order chi connectivity index (χ1) is 13.9. The van der Waals surface area contributed by atoms with E-state index in [0.29, 0.717) is 25.6 Å². The topological polar surface area (TPSA) is 71.1 Å². The Labute approximate surface area is 177 Å². The van der Waals surface area contributed by atoms with Gasteiger partial charge < -0.3 is 18.9 Å². The molecule has 0 radical (unpaired) electrons. The molecule has 0 aromatic rings. The second kappa shape index (κ2) is 15.4. The molecule has 29 heavy (non-hydrogen) atoms. The third kappa shape index (κ3) is 14.2. The average molecular weight is 415 g/mol. The van der Waals surface area contributed by atoms with Crippen molar-refractivity contribution in [3.05, 3.63) is 0 Å². The van der Waals surface area contributed by atoms with Gasteiger partial charge in [-0.3, -0.25) is 0 Å². The van der Waals surface area contributed by atoms with Crippen molar-refractivity contribution in [2.45, 2.75) is 111 Å². The number of ether oxygens (including phenoxy) is 4. The highest BCUT2D eigenvalue weighted by atomic mass is 16.7. The first-order valence-corrected chi connectivity index (χ1v) is 11.5. The molecule has 2 atom stereocenters. The minimum Gasteiger partial charge on any atom is -0.434 e. The van der Waals surface area contributed by atoms with Crippen LogP contribution in [0.1, 0.15) is 98.3 Å². The lowest BCUT2D eigenvalue weighted by Crippen LogP contribution is -2.32. The lowest BCUT2D eigenvalue weighted by atomic mass is 9.95. The summed E-state index contributed by atoms with van der Waals surface area (Å²) in [7, 11) is 0. The van der Waals surface area contributed by atoms with Gasteiger partial charge in [0.1, 0.15) is 12.2 Å². The van der Waals surface area contributed by atoms with Crippen LogP contribution in [0.5, 0.6) is 0 Å². The molecule has 0 aliphatic heterocycles. The first kappa shape index (κ1) is 25.6. The fraction of sp³-hybridized carbons (Fsp3) is 0.913. The molecule has 2 unspecified atom stereocenters. The number of unbranched alkanes of at least 4 members (excludes halogenated alkanes) is 4. The van der Waals surface area contributed by atoms with E-state index < -0.39 is 12.3 Å². The van der Waals surface area contributed by atoms with E-state index in [9.17, 15) is 9.59 Å². The highest BCUT2D eigenvalue weighted by Gasteiger charge is 2.28. The molecule has 1 fully saturated rings. The summed E-state index contributed by atoms with van der Waals surface area (Å²) >= 11 is 0. The molecule has 0 spiro atoms. The van der Waals surface area contributed by atoms with Crippen LogP contribution in [-0.2, 0) is 18.9 Å². The number of hydrogen-bond donors (Lipinski definition) is 0. The fourth-order valence-corrected chi connectivity index (χ4v) is 3.37. The van der Waals surface area contributed by atoms with Crippen LogP contribution in [0, 0.1) is 11.8 Å². The Kier molecular flexibility index (Phi) is 13.6. The SMILES string of the molecule is CC(C)CCCCCCCOC(=O)OC1CCCC(OC(=O)OCCC(C)C)C1. The maximum Gasteiger partial charge on any atom is 0.508 e. The Hall–Kier alpha value is -1.46. The summed E-state index contributed by atoms with van der Waals surface area (Å²) in [6.45, 7) is 9.42. The molecule has 6 heteroatoms. The van der Waals surface area contributed by atoms with Crippen molar-refractivity contribution in [1.29, 1.82) is 0 Å². The van der Waals surface area contributed by atoms with Crippen LogP contribution < -0.4 is 0 Å². The van der Waals surface area contributed by atoms with Gasteiger partial charge in [-0.15, -0.1) is 0 Å². The van der Waals surface area contributed by atoms with Gasteiger partial charge in [0.2, 0.25) is 0 Å². The van der Waals surface area contributed by atoms with Crippen molar-refractivity contribution >= 4 is 12.3 Å². The van der Waals surface area contributed by atoms with Crippen LogP contribution in [0.4, 0.5) is 9.59 Å². The quantitative estimate of drug-likeness (QED) is 0.248. The van der Waals surface area contributed by atoms with Gasteiger partial charge in [-0.2, -0.15) is 0 Å². The lowest BCUT2D eigenvalue weighted by Gasteiger charge is -2.28. The molecule has 1 aliphatic carbocycles. The Morgan fingerprint density at radius 2 is 1.24 bits per heavy atom. The Morgan fingerprint density at radius 1 is 0.724 bits per heavy atom. The van der Waals surface area contributed by atoms with Gasteiger partial charge >= 0.3 is 12.3 Å². The van der Waals surface area contributed by atoms with Crippen LogP contribution in [0.2, 0.25) is 0 Å². The van der Waals surface area contributed by atoms with Gasteiger partial charge in [0.15, 0.2) is 0 Å². The molecule has 0 amide bonds. The number of hydrogen-bond acceptors (Lipinski definition) is 6. The van der Waals surface area contributed by atoms with E-state index in [1.54, 1.807) is 0 Å². The Balaban J connectivity index is 2.09. The highest BCUT2D eigenvalue weighted by Crippen LogP contribution is 2.24. The average Bonchev–Trinajstić information content (AvgIpc) is 2.63. The second-order valence-corrected chi connectivity index (χ2v) is 8.98. The molecular weight excluding hydrogens is 372 g/mol. The van der Waals surface area contributed by atoms with Crippen molar-refractivity contribution in [3.8, 4) is 0 Å². The number of carbonyl (C=O) groups is 2. The molecule has 0 bridgehead atoms. The summed E-state index contributed by atoms with van der Waals surface area (Å²) in [4.78, 5) is 23.6. The fourth-order valence-electron chi connectivity index (χ4n) is 3.37. The highest BCUT2D eigenvalue weighted by molar-refractivity contribution is 5.60. The van der Waals surface area contributed by atoms with Gasteiger partial charge in [0, 0.05) is 6.42 Å². The summed E-state index contributed by atoms with van der Waals surface area (Å²) < 4.78 is 21.0. The predicted octanol–water partition coefficient (Wildman–Crippen LogP) is 6.65. The van der Waals surface area contributed by atoms with E-state index in [1.807, 2.05) is 0 Å². The van der Waals surface area contributed by atoms with Crippen molar-refractivity contribution in [1.82, 2.24) is 0 Å². The van der Waals surface area contributed by atoms with Gasteiger partial charge in [-0.1, -0.05) is 59.8 Å². The van der Waals surface area contributed by atoms with E-state index >= 15 is 0 Å². The maximum atomic E-state index is 11.9. The van der Waals surface area contributed by atoms with E-state index in [2.05, 4.69) is 27.7 Å². The Bertz CT molecular complexity index is 449. The largest absolute Gasteiger partial charge is 0.508 e. The summed E-state index contributed by atoms with van der Waals surface area (Å²) in [5.41, 5.74) is 0. The predicted molar refractivity (Wildman–Crippen MR) is 113 cm³/mol. The maximum absolute atomic E-state index is 11.9. The molecular formula is C23H42O6. The standard InChI is InChI=1S/C23H42O6/c1-18(2)11-8-6-5-7-9-15-26-22(24)28-20-12-10-13-21(17-20)29-23(25)27-16-14-19(3)4/h18-21H,5-17H2,1-4H3. The van der Waals surface area contributed by atoms with Gasteiger partial charge in [-0.25, -0.2) is 9.59 Å². The number of rotatable bonds is 13. The van der Waals surface area contributed by atoms with E-state index in [1.165, 1.54) is 25.7 Å². The minimum atomic E-state index is -0.632. The molecule has 170 valence electrons. The van der Waals surface area contributed by atoms with Crippen LogP contribution in [-0.4, -0.2) is 37.7 Å². The van der Waals surface area contributed by atoms with E-state index in [-0.39, 0.29) is 12.2 Å². The second-order valence-electron chi connectivity index (χ2n) is 8.98. The van der Waals surface area contributed by atoms with Crippen molar-refractivity contribution < 1.29 is 28.5 Å². The normalized spacial score (nSPS) is 19.2. The molecule has 0 heterocycles. The summed E-state index contributed by atoms with van der Waals surface area (Å²) in [6, 6.07) is 0. The van der Waals surface area contributed by atoms with Crippen LogP contribution in [0.3, 0.4) is 0 Å². The van der Waals surface area contributed by atoms with Crippen LogP contribution in [0.15, 0.2) is 0 Å². The van der Waals surface area contributed by atoms with Crippen molar-refractivity contribution in [2.75, 3.05) is 13.2 Å². The van der Waals surface area contributed by atoms with Crippen LogP contribution >= 0.6 is 0 Å². The lowest BCUT2D eigenvalue weighted by molar-refractivity contribution is -0.0353. The van der Waals surface area contributed by atoms with Crippen molar-refractivity contribution in [3.63, 3.8) is 0 Å². The Morgan fingerprint density at radius 3 is 1.83 bits per heavy atom. The molecule has 0 aromatic heterocycles. The van der Waals surface area contributed by atoms with Gasteiger partial charge in [0.05, 0.1) is 13.2 Å². The number of carbonyl (C=O) groups excluding carboxylic acids is 2. The van der Waals surface area contributed by atoms with E-state index in [4.69, 9.17) is 18.9 Å². The third-order valence-corrected chi connectivity index (χ3v) is 5.16. The van der Waals surface area contributed by atoms with Gasteiger partial charge in [0.25, 0.3) is 0 Å². The van der Waals surface area contributed by atoms with Gasteiger partial charge in [-0.05, 0) is 43.9 Å². The zero-order valence-electron chi connectivity index (χ0n) is 19.0. The molecule has 0 saturated heterocycles. The zero-order valence-corrected chi connectivity index (χ0v) is 19.0. The third-order valence-electron chi connectivity index (χ3n) is 5.16. The molecule has 0 N–H and O–H groups in total. The first-order valence-electron chi connectivity index (χ1n) is 11.5. The van der Waals surface area contributed by atoms with E-state index in [0.717, 1.165) is 44.4 Å². The summed E-state index contributed by atoms with van der Waals surface area (Å²) in [5.74, 6) is 1.25. The zero-order chi connectivity index (χ0) is 21.5. The minimum absolute atomic E-state index is 0.263. The molecule has 0 aromatic carbocycles. The summed E-state index contributed by atoms with van der Waals surface area (Å²) in [5, 5.41) is 0. The van der Waals surface area contributed by atoms with Crippen molar-refractivity contribution in [2.24, 2.45) is 11.8 Å². The molecule has 1 saturated carbocycles. The molecule has 1 rings (SSSR count). The smallest absolute Gasteiger partial charge is 0.434 e. The van der Waals surface area contributed by atoms with Crippen LogP contribution in [0.25, 0.3) is 0 Å². The summed E-state index contributed by atoms with van der Waals surface area (Å²) in [6.07, 6.45) is 8.85. The molecule has 6 nitrogen and oxygen atoms in total.